The number of halogens is 2. The lowest BCUT2D eigenvalue weighted by Gasteiger charge is -2.21. The smallest absolute Gasteiger partial charge is 0.339 e. The highest BCUT2D eigenvalue weighted by atomic mass is 79.9. The predicted molar refractivity (Wildman–Crippen MR) is 72.3 cm³/mol. The normalized spacial score (nSPS) is 10.4. The van der Waals surface area contributed by atoms with Crippen LogP contribution >= 0.6 is 15.9 Å². The van der Waals surface area contributed by atoms with Crippen molar-refractivity contribution in [1.82, 2.24) is 4.90 Å². The molecule has 0 radical (unpaired) electrons. The van der Waals surface area contributed by atoms with Crippen molar-refractivity contribution in [3.8, 4) is 0 Å². The Kier molecular flexibility index (Phi) is 5.47. The maximum Gasteiger partial charge on any atom is 0.339 e. The molecule has 1 amide bonds. The van der Waals surface area contributed by atoms with Crippen molar-refractivity contribution in [1.29, 1.82) is 0 Å². The highest BCUT2D eigenvalue weighted by Gasteiger charge is 2.17. The van der Waals surface area contributed by atoms with E-state index in [2.05, 4.69) is 15.9 Å². The fourth-order valence-corrected chi connectivity index (χ4v) is 1.66. The van der Waals surface area contributed by atoms with Crippen LogP contribution in [0.3, 0.4) is 0 Å². The van der Waals surface area contributed by atoms with E-state index in [9.17, 15) is 14.0 Å². The molecule has 104 valence electrons. The standard InChI is InChI=1S/C13H15BrFNO3/c1-8(2)16(3)12(17)7-19-13(18)10-6-9(15)4-5-11(10)14/h4-6,8H,7H2,1-3H3. The third-order valence-corrected chi connectivity index (χ3v) is 3.33. The number of benzene rings is 1. The fraction of sp³-hybridized carbons (Fsp3) is 0.385. The van der Waals surface area contributed by atoms with Gasteiger partial charge in [-0.3, -0.25) is 4.79 Å². The third-order valence-electron chi connectivity index (χ3n) is 2.64. The molecule has 0 aromatic heterocycles. The summed E-state index contributed by atoms with van der Waals surface area (Å²) in [5.41, 5.74) is 0.0556. The van der Waals surface area contributed by atoms with Gasteiger partial charge >= 0.3 is 5.97 Å². The molecule has 0 saturated heterocycles. The molecule has 0 bridgehead atoms. The molecule has 0 saturated carbocycles. The summed E-state index contributed by atoms with van der Waals surface area (Å²) in [6, 6.07) is 3.71. The van der Waals surface area contributed by atoms with Gasteiger partial charge in [0.2, 0.25) is 0 Å². The minimum Gasteiger partial charge on any atom is -0.452 e. The van der Waals surface area contributed by atoms with Gasteiger partial charge in [-0.15, -0.1) is 0 Å². The van der Waals surface area contributed by atoms with Gasteiger partial charge in [0.15, 0.2) is 6.61 Å². The predicted octanol–water partition coefficient (Wildman–Crippen LogP) is 2.61. The highest BCUT2D eigenvalue weighted by molar-refractivity contribution is 9.10. The lowest BCUT2D eigenvalue weighted by Crippen LogP contribution is -2.36. The first kappa shape index (κ1) is 15.6. The van der Waals surface area contributed by atoms with E-state index in [0.29, 0.717) is 4.47 Å². The molecule has 0 spiro atoms. The number of esters is 1. The number of hydrogen-bond acceptors (Lipinski definition) is 3. The lowest BCUT2D eigenvalue weighted by atomic mass is 10.2. The number of likely N-dealkylation sites (N-methyl/N-ethyl adjacent to an activating group) is 1. The molecule has 0 unspecified atom stereocenters. The first-order valence-electron chi connectivity index (χ1n) is 5.70. The van der Waals surface area contributed by atoms with Crippen LogP contribution in [0.4, 0.5) is 4.39 Å². The van der Waals surface area contributed by atoms with E-state index in [0.717, 1.165) is 6.07 Å². The molecule has 4 nitrogen and oxygen atoms in total. The summed E-state index contributed by atoms with van der Waals surface area (Å²) in [6.07, 6.45) is 0. The maximum absolute atomic E-state index is 13.0. The zero-order chi connectivity index (χ0) is 14.6. The van der Waals surface area contributed by atoms with E-state index in [4.69, 9.17) is 4.74 Å². The fourth-order valence-electron chi connectivity index (χ4n) is 1.25. The molecule has 0 heterocycles. The van der Waals surface area contributed by atoms with Crippen molar-refractivity contribution in [2.75, 3.05) is 13.7 Å². The minimum absolute atomic E-state index is 0.0205. The molecule has 0 atom stereocenters. The second kappa shape index (κ2) is 6.65. The van der Waals surface area contributed by atoms with E-state index >= 15 is 0 Å². The Morgan fingerprint density at radius 1 is 1.42 bits per heavy atom. The second-order valence-corrected chi connectivity index (χ2v) is 5.15. The Morgan fingerprint density at radius 3 is 2.63 bits per heavy atom. The van der Waals surface area contributed by atoms with E-state index < -0.39 is 11.8 Å². The molecule has 1 aromatic rings. The molecule has 0 aliphatic carbocycles. The number of rotatable bonds is 4. The van der Waals surface area contributed by atoms with Crippen LogP contribution in [-0.2, 0) is 9.53 Å². The van der Waals surface area contributed by atoms with Crippen LogP contribution in [-0.4, -0.2) is 36.5 Å². The molecule has 6 heteroatoms. The summed E-state index contributed by atoms with van der Waals surface area (Å²) < 4.78 is 18.3. The number of amides is 1. The Balaban J connectivity index is 2.66. The monoisotopic (exact) mass is 331 g/mol. The number of carbonyl (C=O) groups is 2. The molecular formula is C13H15BrFNO3. The van der Waals surface area contributed by atoms with E-state index in [1.165, 1.54) is 17.0 Å². The van der Waals surface area contributed by atoms with Gasteiger partial charge in [-0.05, 0) is 48.0 Å². The van der Waals surface area contributed by atoms with Crippen LogP contribution in [0.1, 0.15) is 24.2 Å². The van der Waals surface area contributed by atoms with Crippen molar-refractivity contribution >= 4 is 27.8 Å². The topological polar surface area (TPSA) is 46.6 Å². The number of carbonyl (C=O) groups excluding carboxylic acids is 2. The third kappa shape index (κ3) is 4.31. The molecular weight excluding hydrogens is 317 g/mol. The number of hydrogen-bond donors (Lipinski definition) is 0. The number of nitrogens with zero attached hydrogens (tertiary/aromatic N) is 1. The van der Waals surface area contributed by atoms with Crippen LogP contribution in [0, 0.1) is 5.82 Å². The van der Waals surface area contributed by atoms with Crippen LogP contribution in [0.25, 0.3) is 0 Å². The van der Waals surface area contributed by atoms with Gasteiger partial charge in [0.25, 0.3) is 5.91 Å². The van der Waals surface area contributed by atoms with Crippen LogP contribution < -0.4 is 0 Å². The first-order valence-corrected chi connectivity index (χ1v) is 6.50. The Hall–Kier alpha value is -1.43. The van der Waals surface area contributed by atoms with Gasteiger partial charge in [-0.25, -0.2) is 9.18 Å². The first-order chi connectivity index (χ1) is 8.82. The van der Waals surface area contributed by atoms with Gasteiger partial charge in [-0.1, -0.05) is 0 Å². The van der Waals surface area contributed by atoms with Gasteiger partial charge in [0.05, 0.1) is 5.56 Å². The highest BCUT2D eigenvalue weighted by Crippen LogP contribution is 2.18. The van der Waals surface area contributed by atoms with Crippen molar-refractivity contribution in [3.05, 3.63) is 34.1 Å². The van der Waals surface area contributed by atoms with Crippen molar-refractivity contribution in [2.24, 2.45) is 0 Å². The van der Waals surface area contributed by atoms with Crippen molar-refractivity contribution in [3.63, 3.8) is 0 Å². The summed E-state index contributed by atoms with van der Waals surface area (Å²) in [4.78, 5) is 24.8. The molecule has 1 aromatic carbocycles. The SMILES string of the molecule is CC(C)N(C)C(=O)COC(=O)c1cc(F)ccc1Br. The second-order valence-electron chi connectivity index (χ2n) is 4.30. The summed E-state index contributed by atoms with van der Waals surface area (Å²) in [7, 11) is 1.62. The van der Waals surface area contributed by atoms with Crippen LogP contribution in [0.5, 0.6) is 0 Å². The van der Waals surface area contributed by atoms with Gasteiger partial charge in [0, 0.05) is 17.6 Å². The quantitative estimate of drug-likeness (QED) is 0.797. The summed E-state index contributed by atoms with van der Waals surface area (Å²) >= 11 is 3.13. The molecule has 0 aliphatic heterocycles. The molecule has 0 fully saturated rings. The van der Waals surface area contributed by atoms with E-state index in [1.54, 1.807) is 7.05 Å². The molecule has 0 aliphatic rings. The Bertz CT molecular complexity index is 491. The maximum atomic E-state index is 13.0. The number of ether oxygens (including phenoxy) is 1. The van der Waals surface area contributed by atoms with E-state index in [1.807, 2.05) is 13.8 Å². The van der Waals surface area contributed by atoms with Crippen molar-refractivity contribution in [2.45, 2.75) is 19.9 Å². The van der Waals surface area contributed by atoms with Gasteiger partial charge in [-0.2, -0.15) is 0 Å². The zero-order valence-corrected chi connectivity index (χ0v) is 12.5. The molecule has 19 heavy (non-hydrogen) atoms. The van der Waals surface area contributed by atoms with Gasteiger partial charge in [0.1, 0.15) is 5.82 Å². The average Bonchev–Trinajstić information content (AvgIpc) is 2.37. The Morgan fingerprint density at radius 2 is 2.05 bits per heavy atom. The summed E-state index contributed by atoms with van der Waals surface area (Å²) in [5, 5.41) is 0. The average molecular weight is 332 g/mol. The Labute approximate surface area is 119 Å². The van der Waals surface area contributed by atoms with Crippen LogP contribution in [0.15, 0.2) is 22.7 Å². The summed E-state index contributed by atoms with van der Waals surface area (Å²) in [5.74, 6) is -1.59. The minimum atomic E-state index is -0.739. The van der Waals surface area contributed by atoms with E-state index in [-0.39, 0.29) is 24.1 Å². The molecule has 0 N–H and O–H groups in total. The zero-order valence-electron chi connectivity index (χ0n) is 10.9. The largest absolute Gasteiger partial charge is 0.452 e. The van der Waals surface area contributed by atoms with Crippen molar-refractivity contribution < 1.29 is 18.7 Å². The van der Waals surface area contributed by atoms with Gasteiger partial charge < -0.3 is 9.64 Å². The lowest BCUT2D eigenvalue weighted by molar-refractivity contribution is -0.134. The summed E-state index contributed by atoms with van der Waals surface area (Å²) in [6.45, 7) is 3.34. The molecule has 1 rings (SSSR count). The van der Waals surface area contributed by atoms with Crippen LogP contribution in [0.2, 0.25) is 0 Å².